The average Bonchev–Trinajstić information content (AvgIpc) is 2.77. The Bertz CT molecular complexity index is 956. The van der Waals surface area contributed by atoms with Gasteiger partial charge in [-0.3, -0.25) is 13.9 Å². The first-order valence-electron chi connectivity index (χ1n) is 7.16. The third kappa shape index (κ3) is 2.63. The molecule has 0 atom stereocenters. The number of imidazole rings is 1. The summed E-state index contributed by atoms with van der Waals surface area (Å²) in [4.78, 5) is 23.9. The van der Waals surface area contributed by atoms with Crippen LogP contribution in [0.15, 0.2) is 47.3 Å². The number of benzene rings is 2. The van der Waals surface area contributed by atoms with Crippen molar-refractivity contribution in [2.24, 2.45) is 14.1 Å². The Hall–Kier alpha value is -2.89. The van der Waals surface area contributed by atoms with Crippen LogP contribution in [0, 0.1) is 5.82 Å². The maximum Gasteiger partial charge on any atom is 0.328 e. The van der Waals surface area contributed by atoms with Gasteiger partial charge in [0.1, 0.15) is 5.82 Å². The molecule has 23 heavy (non-hydrogen) atoms. The summed E-state index contributed by atoms with van der Waals surface area (Å²) in [6.45, 7) is 0.256. The number of hydrogen-bond acceptors (Lipinski definition) is 2. The maximum absolute atomic E-state index is 13.6. The molecule has 0 unspecified atom stereocenters. The highest BCUT2D eigenvalue weighted by Crippen LogP contribution is 2.14. The van der Waals surface area contributed by atoms with Gasteiger partial charge < -0.3 is 5.32 Å². The Morgan fingerprint density at radius 3 is 2.52 bits per heavy atom. The summed E-state index contributed by atoms with van der Waals surface area (Å²) in [7, 11) is 3.41. The van der Waals surface area contributed by atoms with Crippen molar-refractivity contribution in [3.05, 3.63) is 69.9 Å². The molecule has 1 amide bonds. The first kappa shape index (κ1) is 15.0. The number of fused-ring (bicyclic) bond motifs is 1. The van der Waals surface area contributed by atoms with E-state index in [1.165, 1.54) is 18.2 Å². The normalized spacial score (nSPS) is 10.9. The molecule has 3 rings (SSSR count). The van der Waals surface area contributed by atoms with Crippen molar-refractivity contribution in [1.29, 1.82) is 0 Å². The molecule has 2 aromatic carbocycles. The van der Waals surface area contributed by atoms with Gasteiger partial charge in [-0.1, -0.05) is 18.2 Å². The molecule has 118 valence electrons. The van der Waals surface area contributed by atoms with E-state index in [1.54, 1.807) is 29.3 Å². The fraction of sp³-hybridized carbons (Fsp3) is 0.176. The topological polar surface area (TPSA) is 56.0 Å². The zero-order chi connectivity index (χ0) is 16.6. The lowest BCUT2D eigenvalue weighted by molar-refractivity contribution is 0.0947. The second kappa shape index (κ2) is 5.72. The Kier molecular flexibility index (Phi) is 3.73. The molecule has 5 nitrogen and oxygen atoms in total. The van der Waals surface area contributed by atoms with E-state index in [9.17, 15) is 14.0 Å². The summed E-state index contributed by atoms with van der Waals surface area (Å²) < 4.78 is 16.7. The maximum atomic E-state index is 13.6. The number of nitrogens with zero attached hydrogens (tertiary/aromatic N) is 2. The molecule has 1 aromatic heterocycles. The summed E-state index contributed by atoms with van der Waals surface area (Å²) >= 11 is 0. The third-order valence-corrected chi connectivity index (χ3v) is 3.91. The summed E-state index contributed by atoms with van der Waals surface area (Å²) in [6.07, 6.45) is 0. The number of aromatic nitrogens is 2. The molecule has 0 radical (unpaired) electrons. The van der Waals surface area contributed by atoms with Crippen molar-refractivity contribution in [1.82, 2.24) is 14.5 Å². The molecular weight excluding hydrogens is 297 g/mol. The molecule has 0 fully saturated rings. The molecule has 3 aromatic rings. The van der Waals surface area contributed by atoms with Gasteiger partial charge in [-0.05, 0) is 29.8 Å². The van der Waals surface area contributed by atoms with Crippen LogP contribution in [-0.2, 0) is 20.6 Å². The second-order valence-corrected chi connectivity index (χ2v) is 5.39. The smallest absolute Gasteiger partial charge is 0.328 e. The number of carbonyl (C=O) groups is 1. The molecular formula is C17H16FN3O2. The Labute approximate surface area is 132 Å². The van der Waals surface area contributed by atoms with Crippen LogP contribution in [0.4, 0.5) is 4.39 Å². The highest BCUT2D eigenvalue weighted by atomic mass is 19.1. The predicted molar refractivity (Wildman–Crippen MR) is 85.7 cm³/mol. The number of nitrogens with one attached hydrogen (secondary N) is 1. The van der Waals surface area contributed by atoms with Gasteiger partial charge in [-0.25, -0.2) is 9.18 Å². The van der Waals surface area contributed by atoms with E-state index >= 15 is 0 Å². The van der Waals surface area contributed by atoms with Crippen molar-refractivity contribution in [2.45, 2.75) is 6.54 Å². The zero-order valence-corrected chi connectivity index (χ0v) is 12.8. The molecule has 0 aliphatic rings. The van der Waals surface area contributed by atoms with Crippen molar-refractivity contribution < 1.29 is 9.18 Å². The van der Waals surface area contributed by atoms with E-state index < -0.39 is 11.7 Å². The number of aryl methyl sites for hydroxylation is 2. The average molecular weight is 313 g/mol. The van der Waals surface area contributed by atoms with Crippen LogP contribution in [0.5, 0.6) is 0 Å². The van der Waals surface area contributed by atoms with Crippen LogP contribution in [0.25, 0.3) is 11.0 Å². The van der Waals surface area contributed by atoms with E-state index in [0.717, 1.165) is 16.6 Å². The molecule has 0 aliphatic heterocycles. The van der Waals surface area contributed by atoms with Crippen molar-refractivity contribution in [3.8, 4) is 0 Å². The predicted octanol–water partition coefficient (Wildman–Crippen LogP) is 1.95. The molecule has 1 N–H and O–H groups in total. The lowest BCUT2D eigenvalue weighted by Gasteiger charge is -2.07. The van der Waals surface area contributed by atoms with Crippen molar-refractivity contribution in [2.75, 3.05) is 0 Å². The minimum atomic E-state index is -0.550. The standard InChI is InChI=1S/C17H16FN3O2/c1-20-14-8-7-11(9-15(14)21(2)17(20)23)10-19-16(22)12-5-3-4-6-13(12)18/h3-9H,10H2,1-2H3,(H,19,22). The lowest BCUT2D eigenvalue weighted by Crippen LogP contribution is -2.23. The van der Waals surface area contributed by atoms with Crippen LogP contribution in [0.3, 0.4) is 0 Å². The molecule has 0 spiro atoms. The Morgan fingerprint density at radius 1 is 1.09 bits per heavy atom. The van der Waals surface area contributed by atoms with Gasteiger partial charge in [0, 0.05) is 20.6 Å². The molecule has 0 saturated carbocycles. The van der Waals surface area contributed by atoms with Gasteiger partial charge in [-0.2, -0.15) is 0 Å². The van der Waals surface area contributed by atoms with Crippen molar-refractivity contribution >= 4 is 16.9 Å². The van der Waals surface area contributed by atoms with Crippen LogP contribution in [0.1, 0.15) is 15.9 Å². The summed E-state index contributed by atoms with van der Waals surface area (Å²) in [5.74, 6) is -1.02. The minimum absolute atomic E-state index is 0.0145. The lowest BCUT2D eigenvalue weighted by atomic mass is 10.1. The van der Waals surface area contributed by atoms with Crippen LogP contribution >= 0.6 is 0 Å². The fourth-order valence-corrected chi connectivity index (χ4v) is 2.59. The third-order valence-electron chi connectivity index (χ3n) is 3.91. The Balaban J connectivity index is 1.83. The fourth-order valence-electron chi connectivity index (χ4n) is 2.59. The molecule has 1 heterocycles. The van der Waals surface area contributed by atoms with E-state index in [-0.39, 0.29) is 17.8 Å². The molecule has 0 aliphatic carbocycles. The summed E-state index contributed by atoms with van der Waals surface area (Å²) in [5, 5.41) is 2.69. The van der Waals surface area contributed by atoms with E-state index in [2.05, 4.69) is 5.32 Å². The first-order chi connectivity index (χ1) is 11.0. The largest absolute Gasteiger partial charge is 0.348 e. The van der Waals surface area contributed by atoms with Crippen LogP contribution < -0.4 is 11.0 Å². The van der Waals surface area contributed by atoms with Gasteiger partial charge in [0.05, 0.1) is 16.6 Å². The number of amides is 1. The van der Waals surface area contributed by atoms with Crippen LogP contribution in [0.2, 0.25) is 0 Å². The van der Waals surface area contributed by atoms with Gasteiger partial charge in [0.2, 0.25) is 0 Å². The monoisotopic (exact) mass is 313 g/mol. The van der Waals surface area contributed by atoms with E-state index in [1.807, 2.05) is 18.2 Å². The minimum Gasteiger partial charge on any atom is -0.348 e. The number of carbonyl (C=O) groups excluding carboxylic acids is 1. The number of rotatable bonds is 3. The van der Waals surface area contributed by atoms with Crippen LogP contribution in [-0.4, -0.2) is 15.0 Å². The van der Waals surface area contributed by atoms with Gasteiger partial charge >= 0.3 is 5.69 Å². The van der Waals surface area contributed by atoms with E-state index in [4.69, 9.17) is 0 Å². The highest BCUT2D eigenvalue weighted by molar-refractivity contribution is 5.94. The summed E-state index contributed by atoms with van der Waals surface area (Å²) in [6, 6.07) is 11.4. The Morgan fingerprint density at radius 2 is 1.78 bits per heavy atom. The highest BCUT2D eigenvalue weighted by Gasteiger charge is 2.11. The molecule has 0 saturated heterocycles. The number of hydrogen-bond donors (Lipinski definition) is 1. The molecule has 0 bridgehead atoms. The van der Waals surface area contributed by atoms with E-state index in [0.29, 0.717) is 0 Å². The van der Waals surface area contributed by atoms with Gasteiger partial charge in [0.25, 0.3) is 5.91 Å². The SMILES string of the molecule is Cn1c(=O)n(C)c2cc(CNC(=O)c3ccccc3F)ccc21. The summed E-state index contributed by atoms with van der Waals surface area (Å²) in [5.41, 5.74) is 2.36. The van der Waals surface area contributed by atoms with Crippen molar-refractivity contribution in [3.63, 3.8) is 0 Å². The van der Waals surface area contributed by atoms with Gasteiger partial charge in [0.15, 0.2) is 0 Å². The zero-order valence-electron chi connectivity index (χ0n) is 12.8. The molecule has 6 heteroatoms. The second-order valence-electron chi connectivity index (χ2n) is 5.39. The van der Waals surface area contributed by atoms with Gasteiger partial charge in [-0.15, -0.1) is 0 Å². The first-order valence-corrected chi connectivity index (χ1v) is 7.16. The number of halogens is 1. The quantitative estimate of drug-likeness (QED) is 0.803.